The van der Waals surface area contributed by atoms with Crippen molar-refractivity contribution in [2.45, 2.75) is 57.2 Å². The maximum absolute atomic E-state index is 11.5. The van der Waals surface area contributed by atoms with Gasteiger partial charge in [0.15, 0.2) is 0 Å². The predicted molar refractivity (Wildman–Crippen MR) is 70.3 cm³/mol. The van der Waals surface area contributed by atoms with Gasteiger partial charge in [0.05, 0.1) is 6.10 Å². The highest BCUT2D eigenvalue weighted by atomic mass is 16.5. The second-order valence-corrected chi connectivity index (χ2v) is 5.90. The molecule has 1 spiro atoms. The van der Waals surface area contributed by atoms with E-state index in [4.69, 9.17) is 9.47 Å². The van der Waals surface area contributed by atoms with Gasteiger partial charge in [0, 0.05) is 12.5 Å². The molecule has 3 heteroatoms. The number of allylic oxidation sites excluding steroid dienone is 1. The fraction of sp³-hybridized carbons (Fsp3) is 0.562. The zero-order valence-electron chi connectivity index (χ0n) is 11.2. The zero-order valence-corrected chi connectivity index (χ0v) is 11.2. The summed E-state index contributed by atoms with van der Waals surface area (Å²) >= 11 is 0. The van der Waals surface area contributed by atoms with E-state index < -0.39 is 0 Å². The van der Waals surface area contributed by atoms with Gasteiger partial charge in [-0.05, 0) is 55.7 Å². The molecule has 4 aliphatic rings. The van der Waals surface area contributed by atoms with Crippen LogP contribution in [0.1, 0.15) is 45.4 Å². The van der Waals surface area contributed by atoms with Crippen molar-refractivity contribution in [3.05, 3.63) is 34.6 Å². The van der Waals surface area contributed by atoms with Gasteiger partial charge in [-0.25, -0.2) is 0 Å². The largest absolute Gasteiger partial charge is 0.426 e. The minimum absolute atomic E-state index is 0.110. The summed E-state index contributed by atoms with van der Waals surface area (Å²) < 4.78 is 12.0. The van der Waals surface area contributed by atoms with Gasteiger partial charge in [-0.1, -0.05) is 6.08 Å². The molecule has 1 fully saturated rings. The molecule has 0 radical (unpaired) electrons. The SMILES string of the molecule is CC(=O)OC1=C2CCCC23C=CC(O3)C2=C1CCC2. The lowest BCUT2D eigenvalue weighted by Crippen LogP contribution is -2.28. The van der Waals surface area contributed by atoms with Gasteiger partial charge >= 0.3 is 5.97 Å². The first-order chi connectivity index (χ1) is 9.20. The van der Waals surface area contributed by atoms with Crippen LogP contribution in [-0.2, 0) is 14.3 Å². The van der Waals surface area contributed by atoms with Crippen molar-refractivity contribution < 1.29 is 14.3 Å². The van der Waals surface area contributed by atoms with E-state index in [0.717, 1.165) is 44.3 Å². The lowest BCUT2D eigenvalue weighted by atomic mass is 9.91. The van der Waals surface area contributed by atoms with Crippen LogP contribution in [0.15, 0.2) is 34.6 Å². The Bertz CT molecular complexity index is 552. The maximum Gasteiger partial charge on any atom is 0.308 e. The third-order valence-electron chi connectivity index (χ3n) is 4.76. The van der Waals surface area contributed by atoms with Crippen LogP contribution in [0.25, 0.3) is 0 Å². The number of hydrogen-bond acceptors (Lipinski definition) is 3. The lowest BCUT2D eigenvalue weighted by Gasteiger charge is -2.25. The van der Waals surface area contributed by atoms with Crippen LogP contribution in [0, 0.1) is 0 Å². The van der Waals surface area contributed by atoms with E-state index in [9.17, 15) is 4.79 Å². The quantitative estimate of drug-likeness (QED) is 0.535. The highest BCUT2D eigenvalue weighted by molar-refractivity contribution is 5.69. The van der Waals surface area contributed by atoms with Gasteiger partial charge in [0.25, 0.3) is 0 Å². The minimum atomic E-state index is -0.278. The molecular weight excluding hydrogens is 240 g/mol. The van der Waals surface area contributed by atoms with Crippen LogP contribution in [0.4, 0.5) is 0 Å². The van der Waals surface area contributed by atoms with Gasteiger partial charge in [-0.2, -0.15) is 0 Å². The summed E-state index contributed by atoms with van der Waals surface area (Å²) in [7, 11) is 0. The molecule has 100 valence electrons. The topological polar surface area (TPSA) is 35.5 Å². The van der Waals surface area contributed by atoms with Crippen molar-refractivity contribution >= 4 is 5.97 Å². The number of hydrogen-bond donors (Lipinski definition) is 0. The van der Waals surface area contributed by atoms with Crippen LogP contribution in [0.3, 0.4) is 0 Å². The Morgan fingerprint density at radius 1 is 1.37 bits per heavy atom. The van der Waals surface area contributed by atoms with E-state index in [1.54, 1.807) is 0 Å². The van der Waals surface area contributed by atoms with Crippen molar-refractivity contribution in [3.63, 3.8) is 0 Å². The van der Waals surface area contributed by atoms with Crippen molar-refractivity contribution in [2.75, 3.05) is 0 Å². The predicted octanol–water partition coefficient (Wildman–Crippen LogP) is 3.18. The Labute approximate surface area is 113 Å². The van der Waals surface area contributed by atoms with Crippen LogP contribution in [0.2, 0.25) is 0 Å². The molecule has 0 aromatic carbocycles. The molecule has 1 saturated carbocycles. The monoisotopic (exact) mass is 258 g/mol. The molecule has 0 amide bonds. The van der Waals surface area contributed by atoms with Crippen LogP contribution in [0.5, 0.6) is 0 Å². The van der Waals surface area contributed by atoms with Gasteiger partial charge < -0.3 is 9.47 Å². The van der Waals surface area contributed by atoms with Gasteiger partial charge in [-0.3, -0.25) is 4.79 Å². The fourth-order valence-corrected chi connectivity index (χ4v) is 4.03. The Morgan fingerprint density at radius 2 is 2.26 bits per heavy atom. The molecule has 19 heavy (non-hydrogen) atoms. The number of esters is 1. The highest BCUT2D eigenvalue weighted by Gasteiger charge is 2.49. The molecule has 0 aromatic heterocycles. The Kier molecular flexibility index (Phi) is 2.31. The van der Waals surface area contributed by atoms with Crippen molar-refractivity contribution in [1.29, 1.82) is 0 Å². The summed E-state index contributed by atoms with van der Waals surface area (Å²) in [5.74, 6) is 0.634. The van der Waals surface area contributed by atoms with E-state index >= 15 is 0 Å². The molecule has 2 unspecified atom stereocenters. The van der Waals surface area contributed by atoms with Crippen molar-refractivity contribution in [3.8, 4) is 0 Å². The molecule has 3 nitrogen and oxygen atoms in total. The third-order valence-corrected chi connectivity index (χ3v) is 4.76. The van der Waals surface area contributed by atoms with Crippen LogP contribution >= 0.6 is 0 Å². The van der Waals surface area contributed by atoms with Gasteiger partial charge in [0.2, 0.25) is 0 Å². The molecule has 2 bridgehead atoms. The van der Waals surface area contributed by atoms with Crippen molar-refractivity contribution in [1.82, 2.24) is 0 Å². The molecule has 0 saturated heterocycles. The van der Waals surface area contributed by atoms with Gasteiger partial charge in [-0.15, -0.1) is 0 Å². The second-order valence-electron chi connectivity index (χ2n) is 5.90. The third kappa shape index (κ3) is 1.51. The first-order valence-electron chi connectivity index (χ1n) is 7.21. The number of carbonyl (C=O) groups is 1. The normalized spacial score (nSPS) is 35.5. The van der Waals surface area contributed by atoms with E-state index in [1.165, 1.54) is 23.6 Å². The smallest absolute Gasteiger partial charge is 0.308 e. The molecule has 2 aliphatic heterocycles. The molecule has 0 aromatic rings. The molecule has 2 aliphatic carbocycles. The summed E-state index contributed by atoms with van der Waals surface area (Å²) in [4.78, 5) is 11.5. The van der Waals surface area contributed by atoms with E-state index in [1.807, 2.05) is 0 Å². The summed E-state index contributed by atoms with van der Waals surface area (Å²) in [6, 6.07) is 0. The Morgan fingerprint density at radius 3 is 3.11 bits per heavy atom. The lowest BCUT2D eigenvalue weighted by molar-refractivity contribution is -0.136. The molecular formula is C16H18O3. The molecule has 2 atom stereocenters. The highest BCUT2D eigenvalue weighted by Crippen LogP contribution is 2.52. The minimum Gasteiger partial charge on any atom is -0.426 e. The summed E-state index contributed by atoms with van der Waals surface area (Å²) in [5.41, 5.74) is 3.52. The Hall–Kier alpha value is -1.35. The summed E-state index contributed by atoms with van der Waals surface area (Å²) in [6.45, 7) is 1.49. The first-order valence-corrected chi connectivity index (χ1v) is 7.21. The number of ether oxygens (including phenoxy) is 2. The molecule has 0 N–H and O–H groups in total. The van der Waals surface area contributed by atoms with Crippen molar-refractivity contribution in [2.24, 2.45) is 0 Å². The fourth-order valence-electron chi connectivity index (χ4n) is 4.03. The molecule has 4 rings (SSSR count). The maximum atomic E-state index is 11.5. The number of carbonyl (C=O) groups excluding carboxylic acids is 1. The summed E-state index contributed by atoms with van der Waals surface area (Å²) in [6.07, 6.45) is 10.9. The van der Waals surface area contributed by atoms with E-state index in [-0.39, 0.29) is 17.7 Å². The van der Waals surface area contributed by atoms with E-state index in [2.05, 4.69) is 12.2 Å². The Balaban J connectivity index is 1.92. The average molecular weight is 258 g/mol. The average Bonchev–Trinajstić information content (AvgIpc) is 3.06. The van der Waals surface area contributed by atoms with Crippen LogP contribution < -0.4 is 0 Å². The zero-order chi connectivity index (χ0) is 13.0. The van der Waals surface area contributed by atoms with Crippen LogP contribution in [-0.4, -0.2) is 17.7 Å². The van der Waals surface area contributed by atoms with Gasteiger partial charge in [0.1, 0.15) is 11.4 Å². The second kappa shape index (κ2) is 3.83. The summed E-state index contributed by atoms with van der Waals surface area (Å²) in [5, 5.41) is 0. The molecule has 2 heterocycles. The van der Waals surface area contributed by atoms with E-state index in [0.29, 0.717) is 0 Å². The first kappa shape index (κ1) is 11.5. The number of rotatable bonds is 1. The standard InChI is InChI=1S/C16H18O3/c1-10(17)18-15-12-5-2-4-11(12)14-7-9-16(19-14)8-3-6-13(15)16/h7,9,14H,2-6,8H2,1H3. The number of fused-ring (bicyclic) bond motifs is 2.